The van der Waals surface area contributed by atoms with E-state index in [1.54, 1.807) is 28.9 Å². The van der Waals surface area contributed by atoms with Crippen LogP contribution in [0.2, 0.25) is 0 Å². The van der Waals surface area contributed by atoms with Crippen molar-refractivity contribution in [2.24, 2.45) is 0 Å². The van der Waals surface area contributed by atoms with Gasteiger partial charge in [0.05, 0.1) is 34.1 Å². The number of nitrogens with zero attached hydrogens (tertiary/aromatic N) is 2. The summed E-state index contributed by atoms with van der Waals surface area (Å²) in [4.78, 5) is 27.9. The lowest BCUT2D eigenvalue weighted by Gasteiger charge is -2.01. The molecule has 0 unspecified atom stereocenters. The predicted octanol–water partition coefficient (Wildman–Crippen LogP) is 12.1. The van der Waals surface area contributed by atoms with Crippen molar-refractivity contribution in [2.45, 2.75) is 78.1 Å². The monoisotopic (exact) mass is 726 g/mol. The third-order valence-corrected chi connectivity index (χ3v) is 13.2. The number of fused-ring (bicyclic) bond motifs is 4. The molecule has 212 valence electrons. The summed E-state index contributed by atoms with van der Waals surface area (Å²) in [5.74, 6) is -0.0269. The Labute approximate surface area is 270 Å². The molecule has 0 amide bonds. The molecular weight excluding hydrogens is 696 g/mol. The molecule has 3 nitrogen and oxygen atoms in total. The molecule has 1 aliphatic rings. The lowest BCUT2D eigenvalue weighted by atomic mass is 10.1. The van der Waals surface area contributed by atoms with E-state index in [2.05, 4.69) is 68.9 Å². The molecule has 5 aromatic rings. The van der Waals surface area contributed by atoms with Crippen molar-refractivity contribution < 1.29 is 4.79 Å². The number of halogens is 2. The van der Waals surface area contributed by atoms with Gasteiger partial charge in [-0.05, 0) is 99.0 Å². The van der Waals surface area contributed by atoms with Crippen molar-refractivity contribution in [2.75, 3.05) is 0 Å². The molecule has 0 fully saturated rings. The minimum absolute atomic E-state index is 0.0269. The zero-order chi connectivity index (χ0) is 28.5. The molecule has 8 heteroatoms. The van der Waals surface area contributed by atoms with E-state index in [-0.39, 0.29) is 5.78 Å². The summed E-state index contributed by atoms with van der Waals surface area (Å²) >= 11 is 13.1. The van der Waals surface area contributed by atoms with Gasteiger partial charge in [0.15, 0.2) is 0 Å². The van der Waals surface area contributed by atoms with Crippen LogP contribution in [0.25, 0.3) is 41.7 Å². The van der Waals surface area contributed by atoms with E-state index in [0.29, 0.717) is 11.3 Å². The molecule has 0 bridgehead atoms. The first-order chi connectivity index (χ1) is 20.0. The Morgan fingerprint density at radius 1 is 0.732 bits per heavy atom. The zero-order valence-electron chi connectivity index (χ0n) is 23.3. The highest BCUT2D eigenvalue weighted by atomic mass is 79.9. The maximum atomic E-state index is 13.4. The van der Waals surface area contributed by atoms with Crippen molar-refractivity contribution in [3.63, 3.8) is 0 Å². The SMILES string of the molecule is CCCCCCc1cc(-c2sc(-c3cc(CCCCCC)c(Br)s3)c3nc4c(cc23)-c2ncccc2C4=O)sc1Br. The highest BCUT2D eigenvalue weighted by molar-refractivity contribution is 9.11. The van der Waals surface area contributed by atoms with E-state index in [4.69, 9.17) is 4.98 Å². The molecule has 0 spiro atoms. The molecule has 0 atom stereocenters. The first kappa shape index (κ1) is 29.4. The highest BCUT2D eigenvalue weighted by Crippen LogP contribution is 2.51. The fourth-order valence-corrected chi connectivity index (χ4v) is 10.5. The normalized spacial score (nSPS) is 12.4. The molecule has 6 rings (SSSR count). The van der Waals surface area contributed by atoms with Crippen molar-refractivity contribution in [3.05, 3.63) is 66.5 Å². The van der Waals surface area contributed by atoms with Gasteiger partial charge >= 0.3 is 0 Å². The lowest BCUT2D eigenvalue weighted by Crippen LogP contribution is -1.98. The van der Waals surface area contributed by atoms with Crippen LogP contribution in [0.5, 0.6) is 0 Å². The van der Waals surface area contributed by atoms with E-state index in [9.17, 15) is 4.79 Å². The third-order valence-electron chi connectivity index (χ3n) is 7.77. The van der Waals surface area contributed by atoms with Crippen LogP contribution in [0, 0.1) is 0 Å². The Balaban J connectivity index is 1.46. The van der Waals surface area contributed by atoms with Crippen LogP contribution in [0.3, 0.4) is 0 Å². The molecule has 0 saturated carbocycles. The highest BCUT2D eigenvalue weighted by Gasteiger charge is 2.32. The van der Waals surface area contributed by atoms with E-state index in [1.807, 2.05) is 23.5 Å². The van der Waals surface area contributed by atoms with Crippen molar-refractivity contribution in [3.8, 4) is 30.8 Å². The topological polar surface area (TPSA) is 42.9 Å². The minimum atomic E-state index is -0.0269. The summed E-state index contributed by atoms with van der Waals surface area (Å²) in [6, 6.07) is 10.6. The summed E-state index contributed by atoms with van der Waals surface area (Å²) < 4.78 is 2.42. The van der Waals surface area contributed by atoms with Crippen molar-refractivity contribution in [1.29, 1.82) is 0 Å². The summed E-state index contributed by atoms with van der Waals surface area (Å²) in [5.41, 5.74) is 6.44. The molecule has 0 aromatic carbocycles. The zero-order valence-corrected chi connectivity index (χ0v) is 28.9. The van der Waals surface area contributed by atoms with E-state index >= 15 is 0 Å². The van der Waals surface area contributed by atoms with E-state index in [1.165, 1.54) is 84.7 Å². The molecule has 0 aliphatic heterocycles. The second-order valence-corrected chi connectivity index (χ2v) is 16.5. The summed E-state index contributed by atoms with van der Waals surface area (Å²) in [6.45, 7) is 4.51. The molecule has 5 aromatic heterocycles. The van der Waals surface area contributed by atoms with Gasteiger partial charge in [0.25, 0.3) is 0 Å². The number of thiophene rings is 3. The van der Waals surface area contributed by atoms with Crippen LogP contribution in [-0.4, -0.2) is 15.8 Å². The Hall–Kier alpha value is -1.71. The van der Waals surface area contributed by atoms with Gasteiger partial charge in [-0.15, -0.1) is 34.0 Å². The van der Waals surface area contributed by atoms with Gasteiger partial charge in [0.2, 0.25) is 5.78 Å². The van der Waals surface area contributed by atoms with Crippen molar-refractivity contribution in [1.82, 2.24) is 9.97 Å². The third kappa shape index (κ3) is 5.79. The predicted molar refractivity (Wildman–Crippen MR) is 184 cm³/mol. The fourth-order valence-electron chi connectivity index (χ4n) is 5.56. The van der Waals surface area contributed by atoms with Crippen molar-refractivity contribution >= 4 is 82.6 Å². The molecule has 41 heavy (non-hydrogen) atoms. The molecule has 5 heterocycles. The number of ketones is 1. The summed E-state index contributed by atoms with van der Waals surface area (Å²) in [6.07, 6.45) is 13.9. The largest absolute Gasteiger partial charge is 0.287 e. The van der Waals surface area contributed by atoms with Crippen LogP contribution in [0.4, 0.5) is 0 Å². The van der Waals surface area contributed by atoms with E-state index in [0.717, 1.165) is 39.9 Å². The number of rotatable bonds is 12. The van der Waals surface area contributed by atoms with Crippen LogP contribution in [-0.2, 0) is 12.8 Å². The summed E-state index contributed by atoms with van der Waals surface area (Å²) in [5, 5.41) is 1.11. The first-order valence-corrected chi connectivity index (χ1v) is 18.6. The number of hydrogen-bond acceptors (Lipinski definition) is 6. The number of hydrogen-bond donors (Lipinski definition) is 0. The standard InChI is InChI=1S/C33H32Br2N2OS3/c1-3-5-7-9-12-19-16-24(39-32(19)34)30-23-18-22-26-21(14-11-15-36-26)29(38)27(22)37-28(23)31(41-30)25-17-20(33(35)40-25)13-10-8-6-4-2/h11,14-18H,3-10,12-13H2,1-2H3. The number of unbranched alkanes of at least 4 members (excludes halogenated alkanes) is 6. The Bertz CT molecular complexity index is 1730. The molecule has 1 aliphatic carbocycles. The van der Waals surface area contributed by atoms with Gasteiger partial charge in [-0.3, -0.25) is 9.78 Å². The second-order valence-electron chi connectivity index (χ2n) is 10.7. The van der Waals surface area contributed by atoms with E-state index < -0.39 is 0 Å². The van der Waals surface area contributed by atoms with Crippen LogP contribution in [0.1, 0.15) is 92.4 Å². The van der Waals surface area contributed by atoms with Crippen LogP contribution in [0.15, 0.2) is 44.1 Å². The summed E-state index contributed by atoms with van der Waals surface area (Å²) in [7, 11) is 0. The van der Waals surface area contributed by atoms with Gasteiger partial charge in [0.1, 0.15) is 5.69 Å². The lowest BCUT2D eigenvalue weighted by molar-refractivity contribution is 0.103. The minimum Gasteiger partial charge on any atom is -0.287 e. The van der Waals surface area contributed by atoms with Gasteiger partial charge in [-0.2, -0.15) is 0 Å². The molecule has 0 radical (unpaired) electrons. The Kier molecular flexibility index (Phi) is 9.23. The Morgan fingerprint density at radius 3 is 2.00 bits per heavy atom. The van der Waals surface area contributed by atoms with Gasteiger partial charge < -0.3 is 0 Å². The molecule has 0 saturated heterocycles. The maximum Gasteiger partial charge on any atom is 0.214 e. The second kappa shape index (κ2) is 12.9. The van der Waals surface area contributed by atoms with Crippen LogP contribution >= 0.6 is 65.9 Å². The number of carbonyl (C=O) groups is 1. The number of aryl methyl sites for hydroxylation is 2. The molecule has 0 N–H and O–H groups in total. The smallest absolute Gasteiger partial charge is 0.214 e. The van der Waals surface area contributed by atoms with Gasteiger partial charge in [-0.1, -0.05) is 52.4 Å². The number of pyridine rings is 2. The fraction of sp³-hybridized carbons (Fsp3) is 0.364. The van der Waals surface area contributed by atoms with Gasteiger partial charge in [-0.25, -0.2) is 4.98 Å². The Morgan fingerprint density at radius 2 is 1.37 bits per heavy atom. The number of carbonyl (C=O) groups excluding carboxylic acids is 1. The maximum absolute atomic E-state index is 13.4. The van der Waals surface area contributed by atoms with Gasteiger partial charge in [0, 0.05) is 26.9 Å². The number of aromatic nitrogens is 2. The average Bonchev–Trinajstić information content (AvgIpc) is 3.71. The quantitative estimate of drug-likeness (QED) is 0.118. The van der Waals surface area contributed by atoms with Crippen LogP contribution < -0.4 is 0 Å². The first-order valence-electron chi connectivity index (χ1n) is 14.5. The average molecular weight is 729 g/mol. The molecular formula is C33H32Br2N2OS3.